The molecule has 1 aromatic carbocycles. The molecule has 118 valence electrons. The lowest BCUT2D eigenvalue weighted by molar-refractivity contribution is -0.119. The van der Waals surface area contributed by atoms with Crippen molar-refractivity contribution in [2.45, 2.75) is 11.2 Å². The molecule has 3 aromatic rings. The van der Waals surface area contributed by atoms with Crippen LogP contribution in [0.15, 0.2) is 53.0 Å². The van der Waals surface area contributed by atoms with E-state index in [9.17, 15) is 4.79 Å². The first-order valence-electron chi connectivity index (χ1n) is 6.91. The third-order valence-corrected chi connectivity index (χ3v) is 4.86. The smallest absolute Gasteiger partial charge is 0.231 e. The van der Waals surface area contributed by atoms with E-state index >= 15 is 0 Å². The molecule has 3 rings (SSSR count). The Hall–Kier alpha value is -2.32. The van der Waals surface area contributed by atoms with Crippen LogP contribution in [-0.2, 0) is 4.79 Å². The molecule has 1 amide bonds. The predicted molar refractivity (Wildman–Crippen MR) is 92.3 cm³/mol. The molecule has 0 bridgehead atoms. The number of aromatic amines is 1. The van der Waals surface area contributed by atoms with Crippen molar-refractivity contribution in [1.29, 1.82) is 0 Å². The summed E-state index contributed by atoms with van der Waals surface area (Å²) in [6.45, 7) is 0. The Morgan fingerprint density at radius 1 is 1.30 bits per heavy atom. The number of carbonyl (C=O) groups is 1. The molecule has 0 fully saturated rings. The molecule has 0 aliphatic heterocycles. The van der Waals surface area contributed by atoms with Crippen LogP contribution in [0.1, 0.15) is 16.5 Å². The fourth-order valence-corrected chi connectivity index (χ4v) is 3.49. The lowest BCUT2D eigenvalue weighted by Crippen LogP contribution is -2.30. The van der Waals surface area contributed by atoms with E-state index in [0.717, 1.165) is 10.4 Å². The van der Waals surface area contributed by atoms with Crippen molar-refractivity contribution in [3.05, 3.63) is 58.3 Å². The van der Waals surface area contributed by atoms with Crippen molar-refractivity contribution in [3.63, 3.8) is 0 Å². The lowest BCUT2D eigenvalue weighted by Gasteiger charge is -2.17. The molecule has 4 N–H and O–H groups in total. The van der Waals surface area contributed by atoms with Crippen molar-refractivity contribution >= 4 is 35.0 Å². The van der Waals surface area contributed by atoms with Gasteiger partial charge in [-0.3, -0.25) is 4.79 Å². The quantitative estimate of drug-likeness (QED) is 0.596. The van der Waals surface area contributed by atoms with Gasteiger partial charge in [0.2, 0.25) is 17.0 Å². The molecule has 0 saturated carbocycles. The van der Waals surface area contributed by atoms with Crippen LogP contribution in [0.25, 0.3) is 0 Å². The maximum atomic E-state index is 12.3. The molecule has 0 aliphatic carbocycles. The maximum Gasteiger partial charge on any atom is 0.231 e. The van der Waals surface area contributed by atoms with Crippen LogP contribution in [0.3, 0.4) is 0 Å². The monoisotopic (exact) mass is 345 g/mol. The highest BCUT2D eigenvalue weighted by molar-refractivity contribution is 7.99. The molecule has 0 spiro atoms. The van der Waals surface area contributed by atoms with E-state index < -0.39 is 0 Å². The molecule has 23 heavy (non-hydrogen) atoms. The first kappa shape index (κ1) is 15.6. The number of thiophene rings is 1. The number of nitrogens with zero attached hydrogens (tertiary/aromatic N) is 2. The van der Waals surface area contributed by atoms with Crippen LogP contribution in [-0.4, -0.2) is 26.8 Å². The van der Waals surface area contributed by atoms with Crippen LogP contribution in [0.2, 0.25) is 0 Å². The number of benzene rings is 1. The molecule has 2 aromatic heterocycles. The summed E-state index contributed by atoms with van der Waals surface area (Å²) in [5.41, 5.74) is 6.52. The Labute approximate surface area is 141 Å². The lowest BCUT2D eigenvalue weighted by atomic mass is 10.1. The summed E-state index contributed by atoms with van der Waals surface area (Å²) < 4.78 is 0. The first-order valence-corrected chi connectivity index (χ1v) is 8.77. The number of thioether (sulfide) groups is 1. The maximum absolute atomic E-state index is 12.3. The van der Waals surface area contributed by atoms with E-state index in [0.29, 0.717) is 5.16 Å². The molecule has 8 heteroatoms. The molecular formula is C15H15N5OS2. The third-order valence-electron chi connectivity index (χ3n) is 3.08. The molecule has 1 atom stereocenters. The highest BCUT2D eigenvalue weighted by atomic mass is 32.2. The van der Waals surface area contributed by atoms with Gasteiger partial charge in [-0.2, -0.15) is 4.98 Å². The summed E-state index contributed by atoms with van der Waals surface area (Å²) >= 11 is 2.86. The normalized spacial score (nSPS) is 12.0. The van der Waals surface area contributed by atoms with Crippen LogP contribution in [0.5, 0.6) is 0 Å². The zero-order chi connectivity index (χ0) is 16.1. The van der Waals surface area contributed by atoms with Gasteiger partial charge in [0.25, 0.3) is 0 Å². The minimum Gasteiger partial charge on any atom is -0.368 e. The molecular weight excluding hydrogens is 330 g/mol. The van der Waals surface area contributed by atoms with Crippen molar-refractivity contribution < 1.29 is 4.79 Å². The van der Waals surface area contributed by atoms with Crippen LogP contribution < -0.4 is 11.1 Å². The van der Waals surface area contributed by atoms with Crippen molar-refractivity contribution in [2.75, 3.05) is 11.5 Å². The topological polar surface area (TPSA) is 96.7 Å². The number of hydrogen-bond donors (Lipinski definition) is 3. The number of H-pyrrole nitrogens is 1. The van der Waals surface area contributed by atoms with Gasteiger partial charge < -0.3 is 11.1 Å². The van der Waals surface area contributed by atoms with Gasteiger partial charge in [0.1, 0.15) is 0 Å². The van der Waals surface area contributed by atoms with Crippen LogP contribution in [0.4, 0.5) is 5.95 Å². The van der Waals surface area contributed by atoms with Gasteiger partial charge in [0.05, 0.1) is 11.8 Å². The van der Waals surface area contributed by atoms with E-state index in [1.807, 2.05) is 47.8 Å². The highest BCUT2D eigenvalue weighted by Crippen LogP contribution is 2.26. The van der Waals surface area contributed by atoms with Crippen molar-refractivity contribution in [1.82, 2.24) is 20.5 Å². The zero-order valence-corrected chi connectivity index (χ0v) is 13.7. The number of anilines is 1. The first-order chi connectivity index (χ1) is 11.2. The van der Waals surface area contributed by atoms with Gasteiger partial charge in [-0.1, -0.05) is 48.2 Å². The van der Waals surface area contributed by atoms with Gasteiger partial charge in [-0.15, -0.1) is 16.4 Å². The summed E-state index contributed by atoms with van der Waals surface area (Å²) in [6.07, 6.45) is 0. The molecule has 2 heterocycles. The number of nitrogens with two attached hydrogens (primary N) is 1. The van der Waals surface area contributed by atoms with Crippen LogP contribution >= 0.6 is 23.1 Å². The zero-order valence-electron chi connectivity index (χ0n) is 12.1. The number of carbonyl (C=O) groups excluding carboxylic acids is 1. The SMILES string of the molecule is Nc1nc(SCC(=O)N[C@H](c2ccccc2)c2cccs2)n[nH]1. The van der Waals surface area contributed by atoms with Gasteiger partial charge in [-0.05, 0) is 17.0 Å². The Bertz CT molecular complexity index is 757. The number of nitrogens with one attached hydrogen (secondary N) is 2. The van der Waals surface area contributed by atoms with Crippen molar-refractivity contribution in [3.8, 4) is 0 Å². The second kappa shape index (κ2) is 7.30. The van der Waals surface area contributed by atoms with E-state index in [1.54, 1.807) is 11.3 Å². The Morgan fingerprint density at radius 2 is 2.13 bits per heavy atom. The summed E-state index contributed by atoms with van der Waals surface area (Å²) in [4.78, 5) is 17.3. The summed E-state index contributed by atoms with van der Waals surface area (Å²) in [7, 11) is 0. The fraction of sp³-hybridized carbons (Fsp3) is 0.133. The standard InChI is InChI=1S/C15H15N5OS2/c16-14-18-15(20-19-14)23-9-12(21)17-13(11-7-4-8-22-11)10-5-2-1-3-6-10/h1-8,13H,9H2,(H,17,21)(H3,16,18,19,20)/t13-/m1/s1. The van der Waals surface area contributed by atoms with Gasteiger partial charge >= 0.3 is 0 Å². The van der Waals surface area contributed by atoms with E-state index in [2.05, 4.69) is 20.5 Å². The van der Waals surface area contributed by atoms with E-state index in [1.165, 1.54) is 11.8 Å². The largest absolute Gasteiger partial charge is 0.368 e. The molecule has 0 unspecified atom stereocenters. The number of aromatic nitrogens is 3. The predicted octanol–water partition coefficient (Wildman–Crippen LogP) is 2.45. The third kappa shape index (κ3) is 4.11. The molecule has 0 aliphatic rings. The number of amides is 1. The van der Waals surface area contributed by atoms with Crippen LogP contribution in [0, 0.1) is 0 Å². The summed E-state index contributed by atoms with van der Waals surface area (Å²) in [5.74, 6) is 0.390. The van der Waals surface area contributed by atoms with E-state index in [4.69, 9.17) is 5.73 Å². The van der Waals surface area contributed by atoms with Gasteiger partial charge in [-0.25, -0.2) is 5.10 Å². The second-order valence-corrected chi connectivity index (χ2v) is 6.64. The summed E-state index contributed by atoms with van der Waals surface area (Å²) in [5, 5.41) is 12.0. The minimum absolute atomic E-state index is 0.0828. The molecule has 6 nitrogen and oxygen atoms in total. The summed E-state index contributed by atoms with van der Waals surface area (Å²) in [6, 6.07) is 13.8. The Balaban J connectivity index is 1.67. The fourth-order valence-electron chi connectivity index (χ4n) is 2.08. The molecule has 0 saturated heterocycles. The highest BCUT2D eigenvalue weighted by Gasteiger charge is 2.18. The average Bonchev–Trinajstić information content (AvgIpc) is 3.23. The average molecular weight is 345 g/mol. The minimum atomic E-state index is -0.151. The van der Waals surface area contributed by atoms with E-state index in [-0.39, 0.29) is 23.7 Å². The van der Waals surface area contributed by atoms with Gasteiger partial charge in [0.15, 0.2) is 0 Å². The number of nitrogen functional groups attached to an aromatic ring is 1. The Kier molecular flexibility index (Phi) is 4.94. The number of rotatable bonds is 6. The van der Waals surface area contributed by atoms with Crippen molar-refractivity contribution in [2.24, 2.45) is 0 Å². The number of hydrogen-bond acceptors (Lipinski definition) is 6. The second-order valence-electron chi connectivity index (χ2n) is 4.72. The molecule has 0 radical (unpaired) electrons. The van der Waals surface area contributed by atoms with Gasteiger partial charge in [0, 0.05) is 4.88 Å². The Morgan fingerprint density at radius 3 is 2.78 bits per heavy atom.